The van der Waals surface area contributed by atoms with Gasteiger partial charge < -0.3 is 15.0 Å². The molecule has 0 saturated carbocycles. The molecule has 2 heterocycles. The summed E-state index contributed by atoms with van der Waals surface area (Å²) in [5.74, 6) is 0.592. The minimum atomic E-state index is -0.498. The van der Waals surface area contributed by atoms with Crippen molar-refractivity contribution in [1.82, 2.24) is 9.55 Å². The lowest BCUT2D eigenvalue weighted by atomic mass is 10.1. The molecule has 2 aromatic rings. The summed E-state index contributed by atoms with van der Waals surface area (Å²) in [4.78, 5) is 15.8. The van der Waals surface area contributed by atoms with Crippen LogP contribution in [0.3, 0.4) is 0 Å². The molecule has 6 heteroatoms. The highest BCUT2D eigenvalue weighted by Crippen LogP contribution is 2.24. The summed E-state index contributed by atoms with van der Waals surface area (Å²) in [5, 5.41) is 4.16. The van der Waals surface area contributed by atoms with Crippen LogP contribution in [-0.2, 0) is 11.2 Å². The average Bonchev–Trinajstić information content (AvgIpc) is 2.96. The number of imidazole rings is 1. The van der Waals surface area contributed by atoms with E-state index in [1.54, 1.807) is 11.3 Å². The standard InChI is InChI=1S/C13H17N3O2S/c1-8(6-10-4-5-19-7-10)16-9(2)15-11(12(16)14)13(17)18-3/h4-5,7-8H,6,14H2,1-3H3. The van der Waals surface area contributed by atoms with E-state index >= 15 is 0 Å². The second-order valence-electron chi connectivity index (χ2n) is 4.44. The first kappa shape index (κ1) is 13.6. The van der Waals surface area contributed by atoms with Gasteiger partial charge in [0.15, 0.2) is 5.69 Å². The number of nitrogens with two attached hydrogens (primary N) is 1. The van der Waals surface area contributed by atoms with Crippen LogP contribution in [0.1, 0.15) is 34.8 Å². The van der Waals surface area contributed by atoms with Gasteiger partial charge in [-0.25, -0.2) is 9.78 Å². The first-order chi connectivity index (χ1) is 9.04. The number of esters is 1. The number of carbonyl (C=O) groups excluding carboxylic acids is 1. The maximum Gasteiger partial charge on any atom is 0.360 e. The van der Waals surface area contributed by atoms with Gasteiger partial charge in [-0.2, -0.15) is 11.3 Å². The van der Waals surface area contributed by atoms with Crippen LogP contribution in [0.25, 0.3) is 0 Å². The summed E-state index contributed by atoms with van der Waals surface area (Å²) in [5.41, 5.74) is 7.46. The number of rotatable bonds is 4. The molecular weight excluding hydrogens is 262 g/mol. The molecule has 0 bridgehead atoms. The van der Waals surface area contributed by atoms with Gasteiger partial charge >= 0.3 is 5.97 Å². The lowest BCUT2D eigenvalue weighted by Crippen LogP contribution is -2.14. The van der Waals surface area contributed by atoms with Gasteiger partial charge in [0.25, 0.3) is 0 Å². The third-order valence-corrected chi connectivity index (χ3v) is 3.79. The first-order valence-corrected chi connectivity index (χ1v) is 6.92. The van der Waals surface area contributed by atoms with Crippen LogP contribution in [0.2, 0.25) is 0 Å². The highest BCUT2D eigenvalue weighted by molar-refractivity contribution is 7.07. The molecule has 0 aliphatic rings. The molecule has 2 N–H and O–H groups in total. The van der Waals surface area contributed by atoms with E-state index in [-0.39, 0.29) is 11.7 Å². The Morgan fingerprint density at radius 2 is 2.37 bits per heavy atom. The van der Waals surface area contributed by atoms with Crippen LogP contribution >= 0.6 is 11.3 Å². The smallest absolute Gasteiger partial charge is 0.360 e. The van der Waals surface area contributed by atoms with Crippen LogP contribution < -0.4 is 5.73 Å². The Hall–Kier alpha value is -1.82. The molecule has 5 nitrogen and oxygen atoms in total. The van der Waals surface area contributed by atoms with Crippen LogP contribution in [-0.4, -0.2) is 22.6 Å². The Balaban J connectivity index is 2.29. The quantitative estimate of drug-likeness (QED) is 0.873. The maximum absolute atomic E-state index is 11.6. The minimum Gasteiger partial charge on any atom is -0.464 e. The minimum absolute atomic E-state index is 0.139. The molecule has 2 aromatic heterocycles. The van der Waals surface area contributed by atoms with Gasteiger partial charge in [-0.1, -0.05) is 0 Å². The second-order valence-corrected chi connectivity index (χ2v) is 5.22. The van der Waals surface area contributed by atoms with E-state index in [2.05, 4.69) is 28.1 Å². The van der Waals surface area contributed by atoms with Gasteiger partial charge in [0.2, 0.25) is 0 Å². The molecule has 0 spiro atoms. The molecular formula is C13H17N3O2S. The molecule has 2 rings (SSSR count). The topological polar surface area (TPSA) is 70.1 Å². The van der Waals surface area contributed by atoms with Crippen molar-refractivity contribution < 1.29 is 9.53 Å². The predicted octanol–water partition coefficient (Wildman–Crippen LogP) is 2.43. The fraction of sp³-hybridized carbons (Fsp3) is 0.385. The molecule has 102 valence electrons. The van der Waals surface area contributed by atoms with E-state index in [4.69, 9.17) is 5.73 Å². The fourth-order valence-corrected chi connectivity index (χ4v) is 2.89. The Kier molecular flexibility index (Phi) is 3.90. The number of aryl methyl sites for hydroxylation is 1. The number of nitrogens with zero attached hydrogens (tertiary/aromatic N) is 2. The third kappa shape index (κ3) is 2.63. The zero-order chi connectivity index (χ0) is 14.0. The number of nitrogen functional groups attached to an aromatic ring is 1. The van der Waals surface area contributed by atoms with E-state index in [0.717, 1.165) is 12.2 Å². The summed E-state index contributed by atoms with van der Waals surface area (Å²) in [6.07, 6.45) is 0.853. The van der Waals surface area contributed by atoms with Gasteiger partial charge in [0, 0.05) is 6.04 Å². The fourth-order valence-electron chi connectivity index (χ4n) is 2.21. The number of carbonyl (C=O) groups is 1. The third-order valence-electron chi connectivity index (χ3n) is 3.06. The molecule has 1 atom stereocenters. The number of ether oxygens (including phenoxy) is 1. The van der Waals surface area contributed by atoms with E-state index in [1.165, 1.54) is 12.7 Å². The summed E-state index contributed by atoms with van der Waals surface area (Å²) in [6, 6.07) is 2.23. The maximum atomic E-state index is 11.6. The number of thiophene rings is 1. The van der Waals surface area contributed by atoms with Crippen molar-refractivity contribution in [1.29, 1.82) is 0 Å². The Labute approximate surface area is 116 Å². The van der Waals surface area contributed by atoms with Crippen molar-refractivity contribution in [3.05, 3.63) is 33.9 Å². The second kappa shape index (κ2) is 5.44. The number of aromatic nitrogens is 2. The molecule has 1 unspecified atom stereocenters. The molecule has 0 aliphatic carbocycles. The Bertz CT molecular complexity index is 575. The van der Waals surface area contributed by atoms with Crippen LogP contribution in [0.15, 0.2) is 16.8 Å². The zero-order valence-electron chi connectivity index (χ0n) is 11.2. The molecule has 19 heavy (non-hydrogen) atoms. The zero-order valence-corrected chi connectivity index (χ0v) is 12.0. The van der Waals surface area contributed by atoms with Gasteiger partial charge in [-0.3, -0.25) is 0 Å². The monoisotopic (exact) mass is 279 g/mol. The van der Waals surface area contributed by atoms with Crippen molar-refractivity contribution in [2.24, 2.45) is 0 Å². The van der Waals surface area contributed by atoms with E-state index in [0.29, 0.717) is 5.82 Å². The van der Waals surface area contributed by atoms with Crippen molar-refractivity contribution in [2.75, 3.05) is 12.8 Å². The summed E-state index contributed by atoms with van der Waals surface area (Å²) >= 11 is 1.67. The molecule has 0 fully saturated rings. The highest BCUT2D eigenvalue weighted by atomic mass is 32.1. The average molecular weight is 279 g/mol. The SMILES string of the molecule is COC(=O)c1nc(C)n(C(C)Cc2ccsc2)c1N. The van der Waals surface area contributed by atoms with Crippen molar-refractivity contribution in [3.63, 3.8) is 0 Å². The van der Waals surface area contributed by atoms with Crippen molar-refractivity contribution in [2.45, 2.75) is 26.3 Å². The molecule has 0 aromatic carbocycles. The predicted molar refractivity (Wildman–Crippen MR) is 75.4 cm³/mol. The highest BCUT2D eigenvalue weighted by Gasteiger charge is 2.22. The van der Waals surface area contributed by atoms with E-state index < -0.39 is 5.97 Å². The van der Waals surface area contributed by atoms with Crippen molar-refractivity contribution in [3.8, 4) is 0 Å². The van der Waals surface area contributed by atoms with E-state index in [9.17, 15) is 4.79 Å². The summed E-state index contributed by atoms with van der Waals surface area (Å²) < 4.78 is 6.56. The van der Waals surface area contributed by atoms with Crippen LogP contribution in [0.5, 0.6) is 0 Å². The number of methoxy groups -OCH3 is 1. The van der Waals surface area contributed by atoms with Gasteiger partial charge in [0.1, 0.15) is 11.6 Å². The lowest BCUT2D eigenvalue weighted by molar-refractivity contribution is 0.0595. The number of hydrogen-bond acceptors (Lipinski definition) is 5. The lowest BCUT2D eigenvalue weighted by Gasteiger charge is -2.16. The summed E-state index contributed by atoms with van der Waals surface area (Å²) in [7, 11) is 1.32. The largest absolute Gasteiger partial charge is 0.464 e. The Morgan fingerprint density at radius 1 is 1.63 bits per heavy atom. The van der Waals surface area contributed by atoms with Gasteiger partial charge in [-0.15, -0.1) is 0 Å². The molecule has 0 aliphatic heterocycles. The van der Waals surface area contributed by atoms with Crippen LogP contribution in [0.4, 0.5) is 5.82 Å². The van der Waals surface area contributed by atoms with Crippen LogP contribution in [0, 0.1) is 6.92 Å². The molecule has 0 amide bonds. The summed E-state index contributed by atoms with van der Waals surface area (Å²) in [6.45, 7) is 3.90. The van der Waals surface area contributed by atoms with E-state index in [1.807, 2.05) is 16.9 Å². The van der Waals surface area contributed by atoms with Gasteiger partial charge in [-0.05, 0) is 42.7 Å². The number of anilines is 1. The molecule has 0 saturated heterocycles. The van der Waals surface area contributed by atoms with Gasteiger partial charge in [0.05, 0.1) is 7.11 Å². The Morgan fingerprint density at radius 3 is 2.95 bits per heavy atom. The molecule has 0 radical (unpaired) electrons. The van der Waals surface area contributed by atoms with Crippen molar-refractivity contribution >= 4 is 23.1 Å². The first-order valence-electron chi connectivity index (χ1n) is 5.98. The number of hydrogen-bond donors (Lipinski definition) is 1. The normalized spacial score (nSPS) is 12.4.